The summed E-state index contributed by atoms with van der Waals surface area (Å²) < 4.78 is 1.61. The molecule has 80 valence electrons. The van der Waals surface area contributed by atoms with Crippen molar-refractivity contribution in [3.63, 3.8) is 0 Å². The van der Waals surface area contributed by atoms with Gasteiger partial charge in [-0.25, -0.2) is 9.48 Å². The van der Waals surface area contributed by atoms with Crippen LogP contribution in [0.3, 0.4) is 0 Å². The van der Waals surface area contributed by atoms with Crippen LogP contribution in [0.2, 0.25) is 0 Å². The van der Waals surface area contributed by atoms with Gasteiger partial charge in [-0.3, -0.25) is 4.79 Å². The molecule has 1 amide bonds. The third-order valence-electron chi connectivity index (χ3n) is 2.21. The van der Waals surface area contributed by atoms with Crippen molar-refractivity contribution >= 4 is 17.7 Å². The Labute approximate surface area is 85.1 Å². The fourth-order valence-electron chi connectivity index (χ4n) is 1.32. The van der Waals surface area contributed by atoms with E-state index in [0.717, 1.165) is 13.1 Å². The normalized spacial score (nSPS) is 15.7. The Morgan fingerprint density at radius 3 is 2.87 bits per heavy atom. The van der Waals surface area contributed by atoms with Gasteiger partial charge in [0.05, 0.1) is 12.2 Å². The number of nitrogens with one attached hydrogen (secondary N) is 2. The molecule has 0 bridgehead atoms. The van der Waals surface area contributed by atoms with E-state index in [2.05, 4.69) is 15.7 Å². The van der Waals surface area contributed by atoms with Crippen LogP contribution in [0.25, 0.3) is 0 Å². The Morgan fingerprint density at radius 1 is 1.60 bits per heavy atom. The van der Waals surface area contributed by atoms with E-state index in [1.807, 2.05) is 0 Å². The molecule has 1 aromatic rings. The summed E-state index contributed by atoms with van der Waals surface area (Å²) in [6, 6.07) is 1.75. The van der Waals surface area contributed by atoms with Crippen LogP contribution in [-0.2, 0) is 9.59 Å². The summed E-state index contributed by atoms with van der Waals surface area (Å²) in [6.45, 7) is 1.55. The summed E-state index contributed by atoms with van der Waals surface area (Å²) in [7, 11) is 0. The average molecular weight is 210 g/mol. The van der Waals surface area contributed by atoms with Crippen LogP contribution < -0.4 is 10.6 Å². The van der Waals surface area contributed by atoms with Crippen LogP contribution >= 0.6 is 0 Å². The molecule has 3 N–H and O–H groups in total. The van der Waals surface area contributed by atoms with Crippen molar-refractivity contribution in [1.29, 1.82) is 0 Å². The number of nitrogens with zero attached hydrogens (tertiary/aromatic N) is 2. The molecule has 0 aliphatic carbocycles. The lowest BCUT2D eigenvalue weighted by Gasteiger charge is -2.28. The molecule has 0 saturated carbocycles. The van der Waals surface area contributed by atoms with E-state index in [9.17, 15) is 9.59 Å². The number of amides is 1. The van der Waals surface area contributed by atoms with Crippen LogP contribution in [0.4, 0.5) is 5.82 Å². The van der Waals surface area contributed by atoms with E-state index < -0.39 is 11.9 Å². The van der Waals surface area contributed by atoms with E-state index >= 15 is 0 Å². The Balaban J connectivity index is 2.10. The predicted octanol–water partition coefficient (Wildman–Crippen LogP) is -0.950. The Kier molecular flexibility index (Phi) is 2.38. The zero-order valence-corrected chi connectivity index (χ0v) is 7.80. The van der Waals surface area contributed by atoms with Gasteiger partial charge < -0.3 is 15.7 Å². The Hall–Kier alpha value is -1.89. The van der Waals surface area contributed by atoms with Crippen LogP contribution in [0, 0.1) is 0 Å². The van der Waals surface area contributed by atoms with Gasteiger partial charge >= 0.3 is 11.9 Å². The van der Waals surface area contributed by atoms with Crippen molar-refractivity contribution in [1.82, 2.24) is 15.1 Å². The fourth-order valence-corrected chi connectivity index (χ4v) is 1.32. The molecule has 15 heavy (non-hydrogen) atoms. The number of aromatic nitrogens is 2. The molecule has 1 aliphatic rings. The molecule has 0 aromatic carbocycles. The van der Waals surface area contributed by atoms with Gasteiger partial charge in [0.25, 0.3) is 0 Å². The highest BCUT2D eigenvalue weighted by Crippen LogP contribution is 2.17. The van der Waals surface area contributed by atoms with Crippen molar-refractivity contribution in [3.8, 4) is 0 Å². The summed E-state index contributed by atoms with van der Waals surface area (Å²) >= 11 is 0. The monoisotopic (exact) mass is 210 g/mol. The van der Waals surface area contributed by atoms with Gasteiger partial charge in [0.1, 0.15) is 5.82 Å². The van der Waals surface area contributed by atoms with Gasteiger partial charge in [-0.15, -0.1) is 0 Å². The van der Waals surface area contributed by atoms with Crippen LogP contribution in [0.5, 0.6) is 0 Å². The number of hydrogen-bond donors (Lipinski definition) is 3. The molecular formula is C8H10N4O3. The third kappa shape index (κ3) is 1.82. The second-order valence-corrected chi connectivity index (χ2v) is 3.23. The number of carbonyl (C=O) groups is 2. The van der Waals surface area contributed by atoms with Crippen LogP contribution in [0.1, 0.15) is 6.04 Å². The second-order valence-electron chi connectivity index (χ2n) is 3.23. The maximum absolute atomic E-state index is 10.9. The van der Waals surface area contributed by atoms with E-state index in [4.69, 9.17) is 5.11 Å². The third-order valence-corrected chi connectivity index (χ3v) is 2.21. The maximum Gasteiger partial charge on any atom is 0.394 e. The topological polar surface area (TPSA) is 96.2 Å². The number of aliphatic carboxylic acids is 1. The summed E-state index contributed by atoms with van der Waals surface area (Å²) in [4.78, 5) is 21.3. The summed E-state index contributed by atoms with van der Waals surface area (Å²) in [5.74, 6) is -2.15. The molecule has 0 atom stereocenters. The van der Waals surface area contributed by atoms with Crippen molar-refractivity contribution < 1.29 is 14.7 Å². The summed E-state index contributed by atoms with van der Waals surface area (Å²) in [6.07, 6.45) is 1.52. The predicted molar refractivity (Wildman–Crippen MR) is 50.4 cm³/mol. The minimum Gasteiger partial charge on any atom is -0.474 e. The molecule has 2 heterocycles. The molecule has 2 rings (SSSR count). The lowest BCUT2D eigenvalue weighted by molar-refractivity contribution is -0.147. The first-order chi connectivity index (χ1) is 7.18. The first-order valence-electron chi connectivity index (χ1n) is 4.47. The first kappa shape index (κ1) is 9.66. The van der Waals surface area contributed by atoms with Gasteiger partial charge in [0.15, 0.2) is 0 Å². The SMILES string of the molecule is O=C(O)C(=O)Nc1ccnn1C1CNC1. The highest BCUT2D eigenvalue weighted by molar-refractivity contribution is 6.36. The quantitative estimate of drug-likeness (QED) is 0.547. The van der Waals surface area contributed by atoms with Crippen molar-refractivity contribution in [2.75, 3.05) is 18.4 Å². The van der Waals surface area contributed by atoms with E-state index in [0.29, 0.717) is 5.82 Å². The van der Waals surface area contributed by atoms with E-state index in [1.54, 1.807) is 10.7 Å². The molecule has 0 spiro atoms. The Morgan fingerprint density at radius 2 is 2.33 bits per heavy atom. The molecule has 0 unspecified atom stereocenters. The summed E-state index contributed by atoms with van der Waals surface area (Å²) in [5.41, 5.74) is 0. The van der Waals surface area contributed by atoms with Crippen molar-refractivity contribution in [3.05, 3.63) is 12.3 Å². The minimum absolute atomic E-state index is 0.184. The number of carboxylic acids is 1. The van der Waals surface area contributed by atoms with E-state index in [-0.39, 0.29) is 6.04 Å². The second kappa shape index (κ2) is 3.70. The zero-order valence-electron chi connectivity index (χ0n) is 7.80. The van der Waals surface area contributed by atoms with Crippen molar-refractivity contribution in [2.24, 2.45) is 0 Å². The molecule has 0 radical (unpaired) electrons. The summed E-state index contributed by atoms with van der Waals surface area (Å²) in [5, 5.41) is 17.8. The van der Waals surface area contributed by atoms with Crippen molar-refractivity contribution in [2.45, 2.75) is 6.04 Å². The Bertz CT molecular complexity index is 396. The lowest BCUT2D eigenvalue weighted by atomic mass is 10.2. The van der Waals surface area contributed by atoms with Gasteiger partial charge in [0, 0.05) is 19.2 Å². The molecule has 7 heteroatoms. The number of carboxylic acid groups (broad SMARTS) is 1. The highest BCUT2D eigenvalue weighted by atomic mass is 16.4. The molecule has 1 aliphatic heterocycles. The smallest absolute Gasteiger partial charge is 0.394 e. The molecular weight excluding hydrogens is 200 g/mol. The number of anilines is 1. The zero-order chi connectivity index (χ0) is 10.8. The van der Waals surface area contributed by atoms with Gasteiger partial charge in [-0.2, -0.15) is 5.10 Å². The number of rotatable bonds is 2. The molecule has 1 fully saturated rings. The number of hydrogen-bond acceptors (Lipinski definition) is 4. The lowest BCUT2D eigenvalue weighted by Crippen LogP contribution is -2.44. The minimum atomic E-state index is -1.51. The first-order valence-corrected chi connectivity index (χ1v) is 4.47. The van der Waals surface area contributed by atoms with Crippen LogP contribution in [-0.4, -0.2) is 39.9 Å². The van der Waals surface area contributed by atoms with Gasteiger partial charge in [0.2, 0.25) is 0 Å². The fraction of sp³-hybridized carbons (Fsp3) is 0.375. The van der Waals surface area contributed by atoms with Crippen LogP contribution in [0.15, 0.2) is 12.3 Å². The molecule has 7 nitrogen and oxygen atoms in total. The molecule has 1 saturated heterocycles. The van der Waals surface area contributed by atoms with E-state index in [1.165, 1.54) is 6.20 Å². The largest absolute Gasteiger partial charge is 0.474 e. The maximum atomic E-state index is 10.9. The molecule has 1 aromatic heterocycles. The van der Waals surface area contributed by atoms with Gasteiger partial charge in [-0.1, -0.05) is 0 Å². The average Bonchev–Trinajstić information content (AvgIpc) is 2.50. The standard InChI is InChI=1S/C8H10N4O3/c13-7(8(14)15)11-6-1-2-10-12(6)5-3-9-4-5/h1-2,5,9H,3-4H2,(H,11,13)(H,14,15). The number of carbonyl (C=O) groups excluding carboxylic acids is 1. The van der Waals surface area contributed by atoms with Gasteiger partial charge in [-0.05, 0) is 0 Å². The highest BCUT2D eigenvalue weighted by Gasteiger charge is 2.23.